The van der Waals surface area contributed by atoms with Crippen molar-refractivity contribution in [3.63, 3.8) is 0 Å². The summed E-state index contributed by atoms with van der Waals surface area (Å²) in [5.74, 6) is 0.855. The van der Waals surface area contributed by atoms with Crippen LogP contribution in [0.3, 0.4) is 0 Å². The molecule has 0 radical (unpaired) electrons. The molecule has 1 aliphatic heterocycles. The number of pyridine rings is 2. The van der Waals surface area contributed by atoms with Crippen LogP contribution in [-0.2, 0) is 4.74 Å². The highest BCUT2D eigenvalue weighted by Crippen LogP contribution is 2.19. The number of hydrogen-bond acceptors (Lipinski definition) is 5. The minimum absolute atomic E-state index is 0.0355. The van der Waals surface area contributed by atoms with Crippen LogP contribution >= 0.6 is 0 Å². The maximum absolute atomic E-state index is 12.8. The highest BCUT2D eigenvalue weighted by atomic mass is 19.1. The SMILES string of the molecule is Fc1ccc(Nc2cccc([C@@H]3CNCCO3)n2)nc1. The maximum atomic E-state index is 12.8. The fourth-order valence-electron chi connectivity index (χ4n) is 2.04. The molecule has 2 aromatic heterocycles. The zero-order valence-corrected chi connectivity index (χ0v) is 10.8. The Balaban J connectivity index is 1.75. The number of hydrogen-bond donors (Lipinski definition) is 2. The molecule has 2 aromatic rings. The van der Waals surface area contributed by atoms with Gasteiger partial charge in [-0.15, -0.1) is 0 Å². The van der Waals surface area contributed by atoms with Crippen LogP contribution in [0.2, 0.25) is 0 Å². The first kappa shape index (κ1) is 13.0. The Bertz CT molecular complexity index is 570. The van der Waals surface area contributed by atoms with E-state index in [0.717, 1.165) is 18.8 Å². The van der Waals surface area contributed by atoms with Crippen molar-refractivity contribution in [3.8, 4) is 0 Å². The molecule has 3 heterocycles. The molecular formula is C14H15FN4O. The number of nitrogens with zero attached hydrogens (tertiary/aromatic N) is 2. The van der Waals surface area contributed by atoms with Gasteiger partial charge in [-0.25, -0.2) is 14.4 Å². The molecule has 3 rings (SSSR count). The highest BCUT2D eigenvalue weighted by Gasteiger charge is 2.17. The fraction of sp³-hybridized carbons (Fsp3) is 0.286. The first-order valence-electron chi connectivity index (χ1n) is 6.49. The van der Waals surface area contributed by atoms with Crippen LogP contribution in [0.5, 0.6) is 0 Å². The minimum Gasteiger partial charge on any atom is -0.369 e. The average Bonchev–Trinajstić information content (AvgIpc) is 2.51. The van der Waals surface area contributed by atoms with Gasteiger partial charge in [0, 0.05) is 13.1 Å². The predicted octanol–water partition coefficient (Wildman–Crippen LogP) is 2.02. The van der Waals surface area contributed by atoms with Gasteiger partial charge in [-0.1, -0.05) is 6.07 Å². The van der Waals surface area contributed by atoms with E-state index in [4.69, 9.17) is 4.74 Å². The molecule has 1 atom stereocenters. The van der Waals surface area contributed by atoms with E-state index < -0.39 is 0 Å². The molecule has 0 saturated carbocycles. The van der Waals surface area contributed by atoms with E-state index in [9.17, 15) is 4.39 Å². The summed E-state index contributed by atoms with van der Waals surface area (Å²) in [5, 5.41) is 6.32. The van der Waals surface area contributed by atoms with Crippen LogP contribution in [0.25, 0.3) is 0 Å². The zero-order valence-electron chi connectivity index (χ0n) is 10.8. The monoisotopic (exact) mass is 274 g/mol. The van der Waals surface area contributed by atoms with E-state index in [0.29, 0.717) is 18.2 Å². The lowest BCUT2D eigenvalue weighted by molar-refractivity contribution is 0.0251. The number of ether oxygens (including phenoxy) is 1. The molecule has 1 aliphatic rings. The second-order valence-electron chi connectivity index (χ2n) is 4.50. The van der Waals surface area contributed by atoms with Gasteiger partial charge in [0.2, 0.25) is 0 Å². The summed E-state index contributed by atoms with van der Waals surface area (Å²) in [6.07, 6.45) is 1.13. The van der Waals surface area contributed by atoms with E-state index in [1.54, 1.807) is 6.07 Å². The molecule has 0 amide bonds. The predicted molar refractivity (Wildman–Crippen MR) is 73.3 cm³/mol. The summed E-state index contributed by atoms with van der Waals surface area (Å²) in [7, 11) is 0. The summed E-state index contributed by atoms with van der Waals surface area (Å²) in [6.45, 7) is 2.31. The molecule has 20 heavy (non-hydrogen) atoms. The van der Waals surface area contributed by atoms with E-state index in [2.05, 4.69) is 20.6 Å². The number of morpholine rings is 1. The number of aromatic nitrogens is 2. The van der Waals surface area contributed by atoms with Gasteiger partial charge in [-0.05, 0) is 24.3 Å². The van der Waals surface area contributed by atoms with Gasteiger partial charge in [0.15, 0.2) is 0 Å². The second kappa shape index (κ2) is 5.94. The largest absolute Gasteiger partial charge is 0.369 e. The van der Waals surface area contributed by atoms with Crippen LogP contribution in [0.4, 0.5) is 16.0 Å². The Labute approximate surface area is 116 Å². The molecule has 0 spiro atoms. The Kier molecular flexibility index (Phi) is 3.85. The van der Waals surface area contributed by atoms with E-state index >= 15 is 0 Å². The Hall–Kier alpha value is -2.05. The number of anilines is 2. The molecule has 6 heteroatoms. The summed E-state index contributed by atoms with van der Waals surface area (Å²) >= 11 is 0. The molecule has 1 saturated heterocycles. The molecule has 5 nitrogen and oxygen atoms in total. The topological polar surface area (TPSA) is 59.1 Å². The number of nitrogens with one attached hydrogen (secondary N) is 2. The Morgan fingerprint density at radius 3 is 2.95 bits per heavy atom. The molecule has 0 aliphatic carbocycles. The smallest absolute Gasteiger partial charge is 0.141 e. The van der Waals surface area contributed by atoms with Gasteiger partial charge in [0.25, 0.3) is 0 Å². The van der Waals surface area contributed by atoms with Crippen molar-refractivity contribution in [2.24, 2.45) is 0 Å². The quantitative estimate of drug-likeness (QED) is 0.896. The van der Waals surface area contributed by atoms with Crippen LogP contribution < -0.4 is 10.6 Å². The van der Waals surface area contributed by atoms with E-state index in [1.165, 1.54) is 12.3 Å². The second-order valence-corrected chi connectivity index (χ2v) is 4.50. The molecule has 0 aromatic carbocycles. The van der Waals surface area contributed by atoms with Gasteiger partial charge in [0.05, 0.1) is 18.5 Å². The molecule has 104 valence electrons. The minimum atomic E-state index is -0.362. The Morgan fingerprint density at radius 1 is 1.25 bits per heavy atom. The van der Waals surface area contributed by atoms with Crippen LogP contribution in [0.15, 0.2) is 36.5 Å². The number of rotatable bonds is 3. The first-order valence-corrected chi connectivity index (χ1v) is 6.49. The van der Waals surface area contributed by atoms with E-state index in [-0.39, 0.29) is 11.9 Å². The van der Waals surface area contributed by atoms with E-state index in [1.807, 2.05) is 18.2 Å². The maximum Gasteiger partial charge on any atom is 0.141 e. The summed E-state index contributed by atoms with van der Waals surface area (Å²) in [5.41, 5.74) is 0.865. The third kappa shape index (κ3) is 3.09. The lowest BCUT2D eigenvalue weighted by Gasteiger charge is -2.23. The van der Waals surface area contributed by atoms with Gasteiger partial charge in [0.1, 0.15) is 23.6 Å². The summed E-state index contributed by atoms with van der Waals surface area (Å²) < 4.78 is 18.5. The van der Waals surface area contributed by atoms with Gasteiger partial charge in [-0.3, -0.25) is 0 Å². The van der Waals surface area contributed by atoms with Crippen LogP contribution in [0, 0.1) is 5.82 Å². The zero-order chi connectivity index (χ0) is 13.8. The summed E-state index contributed by atoms with van der Waals surface area (Å²) in [4.78, 5) is 8.45. The number of halogens is 1. The molecular weight excluding hydrogens is 259 g/mol. The normalized spacial score (nSPS) is 18.8. The summed E-state index contributed by atoms with van der Waals surface area (Å²) in [6, 6.07) is 8.60. The molecule has 2 N–H and O–H groups in total. The van der Waals surface area contributed by atoms with Crippen molar-refractivity contribution >= 4 is 11.6 Å². The lowest BCUT2D eigenvalue weighted by Crippen LogP contribution is -2.33. The first-order chi connectivity index (χ1) is 9.81. The molecule has 0 bridgehead atoms. The van der Waals surface area contributed by atoms with Crippen LogP contribution in [0.1, 0.15) is 11.8 Å². The molecule has 1 fully saturated rings. The third-order valence-electron chi connectivity index (χ3n) is 3.01. The third-order valence-corrected chi connectivity index (χ3v) is 3.01. The molecule has 0 unspecified atom stereocenters. The highest BCUT2D eigenvalue weighted by molar-refractivity contribution is 5.51. The van der Waals surface area contributed by atoms with Crippen molar-refractivity contribution in [1.82, 2.24) is 15.3 Å². The van der Waals surface area contributed by atoms with Crippen LogP contribution in [-0.4, -0.2) is 29.7 Å². The van der Waals surface area contributed by atoms with Crippen molar-refractivity contribution in [3.05, 3.63) is 48.0 Å². The van der Waals surface area contributed by atoms with Crippen molar-refractivity contribution in [1.29, 1.82) is 0 Å². The van der Waals surface area contributed by atoms with Gasteiger partial charge < -0.3 is 15.4 Å². The van der Waals surface area contributed by atoms with Crippen molar-refractivity contribution < 1.29 is 9.13 Å². The average molecular weight is 274 g/mol. The van der Waals surface area contributed by atoms with Gasteiger partial charge >= 0.3 is 0 Å². The lowest BCUT2D eigenvalue weighted by atomic mass is 10.2. The van der Waals surface area contributed by atoms with Gasteiger partial charge in [-0.2, -0.15) is 0 Å². The Morgan fingerprint density at radius 2 is 2.20 bits per heavy atom. The van der Waals surface area contributed by atoms with Crippen molar-refractivity contribution in [2.45, 2.75) is 6.10 Å². The fourth-order valence-corrected chi connectivity index (χ4v) is 2.04. The standard InChI is InChI=1S/C14H15FN4O/c15-10-4-5-13(17-8-10)19-14-3-1-2-11(18-14)12-9-16-6-7-20-12/h1-5,8,12,16H,6-7,9H2,(H,17,18,19)/t12-/m0/s1. The van der Waals surface area contributed by atoms with Crippen molar-refractivity contribution in [2.75, 3.05) is 25.0 Å².